The number of halogens is 1. The standard InChI is InChI=1S/C13H13FN2O2/c1-8-3-6-12(16(8)2)13(18)15-11-5-4-9(17)7-10(11)14/h3-7,17H,1-2H3,(H,15,18). The number of carbonyl (C=O) groups is 1. The predicted molar refractivity (Wildman–Crippen MR) is 66.2 cm³/mol. The Morgan fingerprint density at radius 1 is 1.33 bits per heavy atom. The molecular weight excluding hydrogens is 235 g/mol. The molecule has 0 saturated carbocycles. The predicted octanol–water partition coefficient (Wildman–Crippen LogP) is 2.43. The van der Waals surface area contributed by atoms with E-state index in [2.05, 4.69) is 5.32 Å². The number of aromatic nitrogens is 1. The fourth-order valence-electron chi connectivity index (χ4n) is 1.63. The van der Waals surface area contributed by atoms with Crippen LogP contribution < -0.4 is 5.32 Å². The van der Waals surface area contributed by atoms with E-state index >= 15 is 0 Å². The Balaban J connectivity index is 2.24. The molecule has 2 rings (SSSR count). The van der Waals surface area contributed by atoms with Crippen LogP contribution in [0.4, 0.5) is 10.1 Å². The minimum absolute atomic E-state index is 0.0386. The zero-order valence-electron chi connectivity index (χ0n) is 10.1. The molecule has 0 atom stereocenters. The van der Waals surface area contributed by atoms with Crippen LogP contribution in [-0.4, -0.2) is 15.6 Å². The largest absolute Gasteiger partial charge is 0.508 e. The molecule has 0 radical (unpaired) electrons. The monoisotopic (exact) mass is 248 g/mol. The van der Waals surface area contributed by atoms with Crippen LogP contribution in [0.3, 0.4) is 0 Å². The highest BCUT2D eigenvalue weighted by Crippen LogP contribution is 2.20. The van der Waals surface area contributed by atoms with Crippen LogP contribution in [0.1, 0.15) is 16.2 Å². The van der Waals surface area contributed by atoms with Gasteiger partial charge in [0.05, 0.1) is 5.69 Å². The van der Waals surface area contributed by atoms with Crippen LogP contribution in [-0.2, 0) is 7.05 Å². The normalized spacial score (nSPS) is 10.4. The molecule has 4 nitrogen and oxygen atoms in total. The molecule has 0 aliphatic heterocycles. The van der Waals surface area contributed by atoms with E-state index in [-0.39, 0.29) is 11.4 Å². The maximum atomic E-state index is 13.5. The summed E-state index contributed by atoms with van der Waals surface area (Å²) in [5.74, 6) is -1.25. The first kappa shape index (κ1) is 12.2. The molecule has 5 heteroatoms. The summed E-state index contributed by atoms with van der Waals surface area (Å²) in [4.78, 5) is 11.9. The van der Waals surface area contributed by atoms with Crippen molar-refractivity contribution in [2.24, 2.45) is 7.05 Å². The molecule has 2 aromatic rings. The smallest absolute Gasteiger partial charge is 0.272 e. The number of nitrogens with zero attached hydrogens (tertiary/aromatic N) is 1. The van der Waals surface area contributed by atoms with Gasteiger partial charge in [0.15, 0.2) is 0 Å². The van der Waals surface area contributed by atoms with Gasteiger partial charge in [-0.3, -0.25) is 4.79 Å². The average Bonchev–Trinajstić information content (AvgIpc) is 2.64. The molecule has 2 N–H and O–H groups in total. The number of aryl methyl sites for hydroxylation is 1. The van der Waals surface area contributed by atoms with Gasteiger partial charge in [-0.25, -0.2) is 4.39 Å². The first-order chi connectivity index (χ1) is 8.49. The number of aromatic hydroxyl groups is 1. The summed E-state index contributed by atoms with van der Waals surface area (Å²) in [6, 6.07) is 7.06. The molecule has 94 valence electrons. The van der Waals surface area contributed by atoms with Crippen LogP contribution in [0.15, 0.2) is 30.3 Å². The number of phenolic OH excluding ortho intramolecular Hbond substituents is 1. The van der Waals surface area contributed by atoms with Gasteiger partial charge in [0.2, 0.25) is 0 Å². The molecule has 0 spiro atoms. The number of carbonyl (C=O) groups excluding carboxylic acids is 1. The Hall–Kier alpha value is -2.30. The van der Waals surface area contributed by atoms with Gasteiger partial charge in [-0.05, 0) is 31.2 Å². The van der Waals surface area contributed by atoms with Gasteiger partial charge in [-0.1, -0.05) is 0 Å². The van der Waals surface area contributed by atoms with E-state index in [0.29, 0.717) is 5.69 Å². The number of hydrogen-bond acceptors (Lipinski definition) is 2. The molecule has 1 heterocycles. The minimum Gasteiger partial charge on any atom is -0.508 e. The third-order valence-electron chi connectivity index (χ3n) is 2.81. The van der Waals surface area contributed by atoms with Crippen LogP contribution in [0, 0.1) is 12.7 Å². The van der Waals surface area contributed by atoms with E-state index in [1.807, 2.05) is 13.0 Å². The molecule has 0 aliphatic carbocycles. The number of hydrogen-bond donors (Lipinski definition) is 2. The van der Waals surface area contributed by atoms with E-state index in [0.717, 1.165) is 11.8 Å². The lowest BCUT2D eigenvalue weighted by atomic mass is 10.2. The first-order valence-corrected chi connectivity index (χ1v) is 5.41. The lowest BCUT2D eigenvalue weighted by Gasteiger charge is -2.08. The second-order valence-corrected chi connectivity index (χ2v) is 4.04. The number of amides is 1. The van der Waals surface area contributed by atoms with Crippen molar-refractivity contribution < 1.29 is 14.3 Å². The van der Waals surface area contributed by atoms with Gasteiger partial charge >= 0.3 is 0 Å². The maximum Gasteiger partial charge on any atom is 0.272 e. The molecule has 0 aliphatic rings. The number of nitrogens with one attached hydrogen (secondary N) is 1. The fourth-order valence-corrected chi connectivity index (χ4v) is 1.63. The van der Waals surface area contributed by atoms with E-state index < -0.39 is 11.7 Å². The van der Waals surface area contributed by atoms with E-state index in [9.17, 15) is 9.18 Å². The Labute approximate surface area is 104 Å². The zero-order valence-corrected chi connectivity index (χ0v) is 10.1. The summed E-state index contributed by atoms with van der Waals surface area (Å²) < 4.78 is 15.2. The lowest BCUT2D eigenvalue weighted by Crippen LogP contribution is -2.16. The topological polar surface area (TPSA) is 54.3 Å². The van der Waals surface area contributed by atoms with Crippen LogP contribution >= 0.6 is 0 Å². The van der Waals surface area contributed by atoms with E-state index in [1.165, 1.54) is 12.1 Å². The van der Waals surface area contributed by atoms with Gasteiger partial charge in [0.1, 0.15) is 17.3 Å². The van der Waals surface area contributed by atoms with Crippen molar-refractivity contribution in [2.75, 3.05) is 5.32 Å². The van der Waals surface area contributed by atoms with Gasteiger partial charge < -0.3 is 15.0 Å². The highest BCUT2D eigenvalue weighted by molar-refractivity contribution is 6.03. The molecule has 0 unspecified atom stereocenters. The first-order valence-electron chi connectivity index (χ1n) is 5.41. The molecule has 18 heavy (non-hydrogen) atoms. The summed E-state index contributed by atoms with van der Waals surface area (Å²) in [6.07, 6.45) is 0. The quantitative estimate of drug-likeness (QED) is 0.802. The van der Waals surface area contributed by atoms with Crippen molar-refractivity contribution in [1.29, 1.82) is 0 Å². The molecular formula is C13H13FN2O2. The zero-order chi connectivity index (χ0) is 13.3. The third-order valence-corrected chi connectivity index (χ3v) is 2.81. The Morgan fingerprint density at radius 2 is 2.06 bits per heavy atom. The summed E-state index contributed by atoms with van der Waals surface area (Å²) in [6.45, 7) is 1.87. The molecule has 0 fully saturated rings. The molecule has 0 bridgehead atoms. The molecule has 0 saturated heterocycles. The van der Waals surface area contributed by atoms with Crippen molar-refractivity contribution in [2.45, 2.75) is 6.92 Å². The van der Waals surface area contributed by atoms with Crippen molar-refractivity contribution in [3.63, 3.8) is 0 Å². The average molecular weight is 248 g/mol. The summed E-state index contributed by atoms with van der Waals surface area (Å²) in [5.41, 5.74) is 1.42. The van der Waals surface area contributed by atoms with Crippen molar-refractivity contribution >= 4 is 11.6 Å². The Bertz CT molecular complexity index is 605. The highest BCUT2D eigenvalue weighted by Gasteiger charge is 2.13. The Kier molecular flexibility index (Phi) is 3.06. The Morgan fingerprint density at radius 3 is 2.61 bits per heavy atom. The molecule has 1 amide bonds. The van der Waals surface area contributed by atoms with Crippen LogP contribution in [0.25, 0.3) is 0 Å². The van der Waals surface area contributed by atoms with Gasteiger partial charge in [-0.15, -0.1) is 0 Å². The minimum atomic E-state index is -0.672. The van der Waals surface area contributed by atoms with Crippen molar-refractivity contribution in [1.82, 2.24) is 4.57 Å². The van der Waals surface area contributed by atoms with Crippen LogP contribution in [0.5, 0.6) is 5.75 Å². The molecule has 1 aromatic heterocycles. The number of phenols is 1. The van der Waals surface area contributed by atoms with Crippen molar-refractivity contribution in [3.05, 3.63) is 47.5 Å². The summed E-state index contributed by atoms with van der Waals surface area (Å²) >= 11 is 0. The van der Waals surface area contributed by atoms with Gasteiger partial charge in [-0.2, -0.15) is 0 Å². The highest BCUT2D eigenvalue weighted by atomic mass is 19.1. The molecule has 1 aromatic carbocycles. The third kappa shape index (κ3) is 2.20. The van der Waals surface area contributed by atoms with E-state index in [4.69, 9.17) is 5.11 Å². The second-order valence-electron chi connectivity index (χ2n) is 4.04. The second kappa shape index (κ2) is 4.52. The summed E-state index contributed by atoms with van der Waals surface area (Å²) in [7, 11) is 1.76. The maximum absolute atomic E-state index is 13.5. The van der Waals surface area contributed by atoms with Crippen molar-refractivity contribution in [3.8, 4) is 5.75 Å². The summed E-state index contributed by atoms with van der Waals surface area (Å²) in [5, 5.41) is 11.5. The number of anilines is 1. The van der Waals surface area contributed by atoms with Crippen LogP contribution in [0.2, 0.25) is 0 Å². The van der Waals surface area contributed by atoms with Gasteiger partial charge in [0, 0.05) is 18.8 Å². The number of benzene rings is 1. The SMILES string of the molecule is Cc1ccc(C(=O)Nc2ccc(O)cc2F)n1C. The lowest BCUT2D eigenvalue weighted by molar-refractivity contribution is 0.101. The number of rotatable bonds is 2. The fraction of sp³-hybridized carbons (Fsp3) is 0.154. The van der Waals surface area contributed by atoms with Gasteiger partial charge in [0.25, 0.3) is 5.91 Å². The van der Waals surface area contributed by atoms with E-state index in [1.54, 1.807) is 17.7 Å².